The van der Waals surface area contributed by atoms with E-state index in [0.717, 1.165) is 57.5 Å². The number of aliphatic hydroxyl groups is 1. The molecule has 2 N–H and O–H groups in total. The van der Waals surface area contributed by atoms with Gasteiger partial charge in [-0.15, -0.1) is 0 Å². The molecule has 5 nitrogen and oxygen atoms in total. The Morgan fingerprint density at radius 3 is 2.18 bits per heavy atom. The predicted octanol–water partition coefficient (Wildman–Crippen LogP) is 4.87. The molecule has 3 aromatic carbocycles. The highest BCUT2D eigenvalue weighted by Gasteiger charge is 2.42. The summed E-state index contributed by atoms with van der Waals surface area (Å²) in [4.78, 5) is 16.0. The van der Waals surface area contributed by atoms with Crippen LogP contribution < -0.4 is 5.32 Å². The first-order valence-electron chi connectivity index (χ1n) is 13.3. The summed E-state index contributed by atoms with van der Waals surface area (Å²) < 4.78 is 5.83. The van der Waals surface area contributed by atoms with Crippen molar-refractivity contribution in [3.63, 3.8) is 0 Å². The van der Waals surface area contributed by atoms with E-state index in [1.165, 1.54) is 11.1 Å². The fraction of sp³-hybridized carbons (Fsp3) is 0.344. The number of likely N-dealkylation sites (tertiary alicyclic amines) is 1. The van der Waals surface area contributed by atoms with Crippen LogP contribution in [0.3, 0.4) is 0 Å². The highest BCUT2D eigenvalue weighted by atomic mass is 32.1. The summed E-state index contributed by atoms with van der Waals surface area (Å²) in [5.41, 5.74) is 2.93. The van der Waals surface area contributed by atoms with Crippen molar-refractivity contribution in [1.29, 1.82) is 0 Å². The average Bonchev–Trinajstić information content (AvgIpc) is 2.98. The van der Waals surface area contributed by atoms with E-state index in [4.69, 9.17) is 4.74 Å². The summed E-state index contributed by atoms with van der Waals surface area (Å²) in [5.74, 6) is -0.315. The van der Waals surface area contributed by atoms with Gasteiger partial charge in [-0.3, -0.25) is 4.90 Å². The van der Waals surface area contributed by atoms with Crippen LogP contribution in [0.5, 0.6) is 0 Å². The molecule has 2 aliphatic rings. The van der Waals surface area contributed by atoms with Gasteiger partial charge in [-0.2, -0.15) is 13.5 Å². The molecule has 0 unspecified atom stereocenters. The van der Waals surface area contributed by atoms with Gasteiger partial charge >= 0.3 is 5.97 Å². The molecule has 0 bridgehead atoms. The normalized spacial score (nSPS) is 18.1. The van der Waals surface area contributed by atoms with Crippen LogP contribution >= 0.6 is 13.5 Å². The average molecular weight is 531 g/mol. The van der Waals surface area contributed by atoms with E-state index in [9.17, 15) is 9.90 Å². The van der Waals surface area contributed by atoms with Crippen molar-refractivity contribution in [2.75, 3.05) is 32.8 Å². The lowest BCUT2D eigenvalue weighted by Gasteiger charge is -2.33. The summed E-state index contributed by atoms with van der Waals surface area (Å²) in [5, 5.41) is 15.2. The molecular formula is C32H38N2O3S. The monoisotopic (exact) mass is 530 g/mol. The number of rotatable bonds is 8. The number of hydrogen-bond donors (Lipinski definition) is 2. The van der Waals surface area contributed by atoms with Gasteiger partial charge in [0.1, 0.15) is 0 Å². The molecule has 38 heavy (non-hydrogen) atoms. The molecule has 0 saturated carbocycles. The summed E-state index contributed by atoms with van der Waals surface area (Å²) in [7, 11) is 0. The van der Waals surface area contributed by atoms with E-state index in [-0.39, 0.29) is 13.5 Å². The van der Waals surface area contributed by atoms with E-state index in [1.54, 1.807) is 12.1 Å². The third-order valence-electron chi connectivity index (χ3n) is 7.63. The van der Waals surface area contributed by atoms with Crippen molar-refractivity contribution in [1.82, 2.24) is 10.2 Å². The number of carbonyl (C=O) groups excluding carboxylic acids is 1. The Kier molecular flexibility index (Phi) is 9.80. The fourth-order valence-corrected chi connectivity index (χ4v) is 5.34. The molecule has 1 fully saturated rings. The third-order valence-corrected chi connectivity index (χ3v) is 7.63. The molecule has 0 aliphatic carbocycles. The van der Waals surface area contributed by atoms with E-state index in [1.807, 2.05) is 48.5 Å². The standard InChI is InChI=1S/C32H36N2O3.H2S/c35-31(37-24-26-17-21-34(22-18-26)23-25-7-3-1-4-8-25)32(36,29-9-5-2-6-10-29)30-13-11-27(12-14-30)28-15-19-33-20-16-28;/h1-15,26,33,36H,16-24H2;1H2/t32-;/m0./s1. The number of nitrogens with one attached hydrogen (secondary N) is 1. The molecule has 6 heteroatoms. The molecule has 0 radical (unpaired) electrons. The number of carbonyl (C=O) groups is 1. The van der Waals surface area contributed by atoms with E-state index < -0.39 is 11.6 Å². The van der Waals surface area contributed by atoms with Crippen LogP contribution in [0.2, 0.25) is 0 Å². The van der Waals surface area contributed by atoms with Gasteiger partial charge in [0.25, 0.3) is 0 Å². The van der Waals surface area contributed by atoms with Crippen LogP contribution in [0, 0.1) is 5.92 Å². The second-order valence-corrected chi connectivity index (χ2v) is 10.1. The number of ether oxygens (including phenoxy) is 1. The molecule has 1 atom stereocenters. The second-order valence-electron chi connectivity index (χ2n) is 10.1. The first-order valence-corrected chi connectivity index (χ1v) is 13.3. The highest BCUT2D eigenvalue weighted by Crippen LogP contribution is 2.33. The van der Waals surface area contributed by atoms with E-state index in [2.05, 4.69) is 40.6 Å². The maximum absolute atomic E-state index is 13.5. The molecule has 2 aliphatic heterocycles. The van der Waals surface area contributed by atoms with Crippen LogP contribution in [0.1, 0.15) is 41.5 Å². The quantitative estimate of drug-likeness (QED) is 0.407. The number of hydrogen-bond acceptors (Lipinski definition) is 5. The molecule has 0 amide bonds. The Hall–Kier alpha value is -2.90. The molecule has 0 aromatic heterocycles. The molecule has 1 saturated heterocycles. The Labute approximate surface area is 233 Å². The summed E-state index contributed by atoms with van der Waals surface area (Å²) in [6.07, 6.45) is 5.11. The zero-order valence-electron chi connectivity index (χ0n) is 21.8. The van der Waals surface area contributed by atoms with Gasteiger partial charge in [0.15, 0.2) is 0 Å². The van der Waals surface area contributed by atoms with Crippen LogP contribution in [0.4, 0.5) is 0 Å². The third kappa shape index (κ3) is 6.56. The van der Waals surface area contributed by atoms with Crippen LogP contribution in [0.15, 0.2) is 91.0 Å². The molecule has 2 heterocycles. The Morgan fingerprint density at radius 1 is 0.921 bits per heavy atom. The van der Waals surface area contributed by atoms with Crippen molar-refractivity contribution >= 4 is 25.0 Å². The first-order chi connectivity index (χ1) is 18.1. The van der Waals surface area contributed by atoms with Crippen molar-refractivity contribution < 1.29 is 14.6 Å². The smallest absolute Gasteiger partial charge is 0.347 e. The minimum Gasteiger partial charge on any atom is -0.463 e. The zero-order chi connectivity index (χ0) is 25.5. The largest absolute Gasteiger partial charge is 0.463 e. The number of esters is 1. The maximum atomic E-state index is 13.5. The van der Waals surface area contributed by atoms with Crippen molar-refractivity contribution in [2.24, 2.45) is 5.92 Å². The van der Waals surface area contributed by atoms with Gasteiger partial charge < -0.3 is 15.2 Å². The van der Waals surface area contributed by atoms with Gasteiger partial charge in [0, 0.05) is 13.1 Å². The van der Waals surface area contributed by atoms with Crippen LogP contribution in [0.25, 0.3) is 5.57 Å². The van der Waals surface area contributed by atoms with Crippen molar-refractivity contribution in [2.45, 2.75) is 31.4 Å². The first kappa shape index (κ1) is 28.1. The van der Waals surface area contributed by atoms with E-state index in [0.29, 0.717) is 23.7 Å². The summed E-state index contributed by atoms with van der Waals surface area (Å²) in [6.45, 7) is 5.05. The fourth-order valence-electron chi connectivity index (χ4n) is 5.34. The van der Waals surface area contributed by atoms with Gasteiger partial charge in [0.05, 0.1) is 6.61 Å². The summed E-state index contributed by atoms with van der Waals surface area (Å²) in [6, 6.07) is 27.3. The predicted molar refractivity (Wildman–Crippen MR) is 157 cm³/mol. The number of nitrogens with zero attached hydrogens (tertiary/aromatic N) is 1. The number of piperidine rings is 1. The molecular weight excluding hydrogens is 492 g/mol. The minimum atomic E-state index is -1.85. The molecule has 5 rings (SSSR count). The highest BCUT2D eigenvalue weighted by molar-refractivity contribution is 7.59. The minimum absolute atomic E-state index is 0. The topological polar surface area (TPSA) is 61.8 Å². The van der Waals surface area contributed by atoms with E-state index >= 15 is 0 Å². The maximum Gasteiger partial charge on any atom is 0.347 e. The van der Waals surface area contributed by atoms with Crippen molar-refractivity contribution in [3.8, 4) is 0 Å². The zero-order valence-corrected chi connectivity index (χ0v) is 22.8. The Bertz CT molecular complexity index is 1190. The van der Waals surface area contributed by atoms with Gasteiger partial charge in [-0.1, -0.05) is 91.0 Å². The molecule has 0 spiro atoms. The Morgan fingerprint density at radius 2 is 1.55 bits per heavy atom. The summed E-state index contributed by atoms with van der Waals surface area (Å²) >= 11 is 0. The van der Waals surface area contributed by atoms with Gasteiger partial charge in [0.2, 0.25) is 5.60 Å². The van der Waals surface area contributed by atoms with Gasteiger partial charge in [-0.05, 0) is 72.6 Å². The van der Waals surface area contributed by atoms with Crippen LogP contribution in [-0.4, -0.2) is 48.8 Å². The number of benzene rings is 3. The Balaban J connectivity index is 0.00000336. The molecule has 3 aromatic rings. The SMILES string of the molecule is O=C(OCC1CCN(Cc2ccccc2)CC1)[C@](O)(c1ccccc1)c1ccc(C2=CCNCC2)cc1.S. The second kappa shape index (κ2) is 13.3. The lowest BCUT2D eigenvalue weighted by Crippen LogP contribution is -2.40. The lowest BCUT2D eigenvalue weighted by atomic mass is 9.85. The van der Waals surface area contributed by atoms with Crippen LogP contribution in [-0.2, 0) is 21.7 Å². The van der Waals surface area contributed by atoms with Gasteiger partial charge in [-0.25, -0.2) is 4.79 Å². The lowest BCUT2D eigenvalue weighted by molar-refractivity contribution is -0.164. The van der Waals surface area contributed by atoms with Crippen molar-refractivity contribution in [3.05, 3.63) is 113 Å². The molecule has 200 valence electrons.